The molecule has 0 bridgehead atoms. The summed E-state index contributed by atoms with van der Waals surface area (Å²) in [5.41, 5.74) is 1.78. The lowest BCUT2D eigenvalue weighted by molar-refractivity contribution is 0.566. The van der Waals surface area contributed by atoms with Gasteiger partial charge in [0.1, 0.15) is 17.7 Å². The highest BCUT2D eigenvalue weighted by molar-refractivity contribution is 8.08. The minimum Gasteiger partial charge on any atom is -0.359 e. The number of nitrogens with zero attached hydrogens (tertiary/aromatic N) is 2. The van der Waals surface area contributed by atoms with Crippen LogP contribution in [0.15, 0.2) is 58.2 Å². The van der Waals surface area contributed by atoms with Crippen molar-refractivity contribution in [1.29, 1.82) is 5.26 Å². The van der Waals surface area contributed by atoms with Gasteiger partial charge in [-0.3, -0.25) is 4.99 Å². The van der Waals surface area contributed by atoms with Crippen LogP contribution in [0.2, 0.25) is 0 Å². The molecular weight excluding hydrogens is 304 g/mol. The van der Waals surface area contributed by atoms with E-state index < -0.39 is 11.6 Å². The number of rotatable bonds is 3. The Kier molecular flexibility index (Phi) is 3.90. The molecule has 0 unspecified atom stereocenters. The second kappa shape index (κ2) is 6.00. The molecular formula is C16H9F2N3S. The molecule has 1 N–H and O–H groups in total. The normalized spacial score (nSPS) is 15.1. The largest absolute Gasteiger partial charge is 0.359 e. The van der Waals surface area contributed by atoms with E-state index in [9.17, 15) is 8.78 Å². The number of allylic oxidation sites excluding steroid dienone is 2. The second-order valence-corrected chi connectivity index (χ2v) is 5.49. The number of aromatic amines is 1. The van der Waals surface area contributed by atoms with E-state index in [0.29, 0.717) is 21.9 Å². The van der Waals surface area contributed by atoms with E-state index in [4.69, 9.17) is 5.26 Å². The van der Waals surface area contributed by atoms with E-state index in [-0.39, 0.29) is 4.90 Å². The maximum atomic E-state index is 13.9. The van der Waals surface area contributed by atoms with Gasteiger partial charge in [-0.2, -0.15) is 5.26 Å². The number of nitriles is 1. The standard InChI is InChI=1S/C16H9F2N3S/c17-11-3-4-15(12(18)7-11)22-16(13-2-1-5-20-13)14-6-10(8-19)9-21-14/h1-7,9,21H. The Morgan fingerprint density at radius 3 is 2.77 bits per heavy atom. The lowest BCUT2D eigenvalue weighted by atomic mass is 10.3. The number of thioether (sulfide) groups is 1. The van der Waals surface area contributed by atoms with E-state index in [1.54, 1.807) is 30.6 Å². The molecule has 108 valence electrons. The van der Waals surface area contributed by atoms with Crippen molar-refractivity contribution in [2.75, 3.05) is 0 Å². The minimum atomic E-state index is -0.638. The Bertz CT molecular complexity index is 843. The van der Waals surface area contributed by atoms with Crippen molar-refractivity contribution in [1.82, 2.24) is 4.98 Å². The summed E-state index contributed by atoms with van der Waals surface area (Å²) in [6.07, 6.45) is 6.76. The van der Waals surface area contributed by atoms with Crippen LogP contribution in [0.5, 0.6) is 0 Å². The molecule has 2 aromatic rings. The first-order chi connectivity index (χ1) is 10.7. The van der Waals surface area contributed by atoms with Crippen LogP contribution in [0.1, 0.15) is 11.3 Å². The van der Waals surface area contributed by atoms with Gasteiger partial charge >= 0.3 is 0 Å². The fraction of sp³-hybridized carbons (Fsp3) is 0. The highest BCUT2D eigenvalue weighted by Crippen LogP contribution is 2.39. The molecule has 1 aromatic carbocycles. The molecule has 3 nitrogen and oxygen atoms in total. The van der Waals surface area contributed by atoms with E-state index in [1.165, 1.54) is 12.1 Å². The van der Waals surface area contributed by atoms with Crippen LogP contribution in [0.25, 0.3) is 4.91 Å². The van der Waals surface area contributed by atoms with Crippen LogP contribution >= 0.6 is 11.8 Å². The summed E-state index contributed by atoms with van der Waals surface area (Å²) in [6.45, 7) is 0. The molecule has 0 saturated heterocycles. The molecule has 0 fully saturated rings. The van der Waals surface area contributed by atoms with Crippen molar-refractivity contribution in [3.05, 3.63) is 71.2 Å². The minimum absolute atomic E-state index is 0.285. The predicted molar refractivity (Wildman–Crippen MR) is 82.3 cm³/mol. The fourth-order valence-corrected chi connectivity index (χ4v) is 2.90. The quantitative estimate of drug-likeness (QED) is 0.861. The highest BCUT2D eigenvalue weighted by Gasteiger charge is 2.15. The third-order valence-electron chi connectivity index (χ3n) is 2.95. The second-order valence-electron chi connectivity index (χ2n) is 4.44. The van der Waals surface area contributed by atoms with Crippen LogP contribution < -0.4 is 0 Å². The monoisotopic (exact) mass is 313 g/mol. The number of H-pyrrole nitrogens is 1. The van der Waals surface area contributed by atoms with Crippen LogP contribution in [0.4, 0.5) is 8.78 Å². The summed E-state index contributed by atoms with van der Waals surface area (Å²) in [5, 5.41) is 8.92. The van der Waals surface area contributed by atoms with Gasteiger partial charge in [0.2, 0.25) is 0 Å². The summed E-state index contributed by atoms with van der Waals surface area (Å²) >= 11 is 1.13. The van der Waals surface area contributed by atoms with E-state index in [2.05, 4.69) is 9.98 Å². The molecule has 0 aliphatic carbocycles. The maximum Gasteiger partial charge on any atom is 0.140 e. The van der Waals surface area contributed by atoms with E-state index in [0.717, 1.165) is 17.8 Å². The Labute approximate surface area is 129 Å². The van der Waals surface area contributed by atoms with Crippen LogP contribution in [-0.2, 0) is 0 Å². The maximum absolute atomic E-state index is 13.9. The van der Waals surface area contributed by atoms with Gasteiger partial charge in [-0.25, -0.2) is 8.78 Å². The smallest absolute Gasteiger partial charge is 0.140 e. The number of benzene rings is 1. The summed E-state index contributed by atoms with van der Waals surface area (Å²) in [4.78, 5) is 8.14. The Hall–Kier alpha value is -2.65. The van der Waals surface area contributed by atoms with Crippen LogP contribution in [0.3, 0.4) is 0 Å². The average Bonchev–Trinajstić information content (AvgIpc) is 3.18. The molecule has 6 heteroatoms. The first kappa shape index (κ1) is 14.3. The number of halogens is 2. The SMILES string of the molecule is N#Cc1c[nH]c(C(Sc2ccc(F)cc2F)=C2C=CC=N2)c1. The predicted octanol–water partition coefficient (Wildman–Crippen LogP) is 4.27. The van der Waals surface area contributed by atoms with Crippen molar-refractivity contribution < 1.29 is 8.78 Å². The van der Waals surface area contributed by atoms with Gasteiger partial charge in [0.05, 0.1) is 21.9 Å². The van der Waals surface area contributed by atoms with Gasteiger partial charge in [-0.15, -0.1) is 0 Å². The zero-order valence-corrected chi connectivity index (χ0v) is 12.0. The van der Waals surface area contributed by atoms with Gasteiger partial charge in [-0.1, -0.05) is 11.8 Å². The first-order valence-corrected chi connectivity index (χ1v) is 7.16. The first-order valence-electron chi connectivity index (χ1n) is 6.34. The molecule has 0 atom stereocenters. The highest BCUT2D eigenvalue weighted by atomic mass is 32.2. The Morgan fingerprint density at radius 2 is 2.14 bits per heavy atom. The van der Waals surface area contributed by atoms with Gasteiger partial charge in [0, 0.05) is 23.4 Å². The number of aromatic nitrogens is 1. The molecule has 1 aromatic heterocycles. The van der Waals surface area contributed by atoms with Crippen LogP contribution in [-0.4, -0.2) is 11.2 Å². The third-order valence-corrected chi connectivity index (χ3v) is 4.13. The molecule has 0 spiro atoms. The lowest BCUT2D eigenvalue weighted by Gasteiger charge is -2.08. The average molecular weight is 313 g/mol. The number of aliphatic imine (C=N–C) groups is 1. The zero-order valence-electron chi connectivity index (χ0n) is 11.2. The number of hydrogen-bond acceptors (Lipinski definition) is 3. The van der Waals surface area contributed by atoms with Crippen molar-refractivity contribution in [3.8, 4) is 6.07 Å². The van der Waals surface area contributed by atoms with Gasteiger partial charge in [0.15, 0.2) is 0 Å². The molecule has 0 saturated carbocycles. The molecule has 1 aliphatic rings. The summed E-state index contributed by atoms with van der Waals surface area (Å²) in [6, 6.07) is 7.13. The summed E-state index contributed by atoms with van der Waals surface area (Å²) in [7, 11) is 0. The van der Waals surface area contributed by atoms with Crippen molar-refractivity contribution >= 4 is 22.9 Å². The summed E-state index contributed by atoms with van der Waals surface area (Å²) in [5.74, 6) is -1.26. The number of hydrogen-bond donors (Lipinski definition) is 1. The molecule has 0 amide bonds. The van der Waals surface area contributed by atoms with E-state index >= 15 is 0 Å². The zero-order chi connectivity index (χ0) is 15.5. The Morgan fingerprint density at radius 1 is 1.27 bits per heavy atom. The van der Waals surface area contributed by atoms with E-state index in [1.807, 2.05) is 6.07 Å². The fourth-order valence-electron chi connectivity index (χ4n) is 1.94. The van der Waals surface area contributed by atoms with Gasteiger partial charge in [-0.05, 0) is 30.4 Å². The molecule has 0 radical (unpaired) electrons. The Balaban J connectivity index is 2.04. The molecule has 3 rings (SSSR count). The van der Waals surface area contributed by atoms with Gasteiger partial charge in [0.25, 0.3) is 0 Å². The molecule has 22 heavy (non-hydrogen) atoms. The summed E-state index contributed by atoms with van der Waals surface area (Å²) < 4.78 is 26.9. The van der Waals surface area contributed by atoms with Crippen molar-refractivity contribution in [3.63, 3.8) is 0 Å². The topological polar surface area (TPSA) is 51.9 Å². The third kappa shape index (κ3) is 2.85. The van der Waals surface area contributed by atoms with Crippen molar-refractivity contribution in [2.45, 2.75) is 4.90 Å². The molecule has 2 heterocycles. The van der Waals surface area contributed by atoms with Gasteiger partial charge < -0.3 is 4.98 Å². The number of nitrogens with one attached hydrogen (secondary N) is 1. The van der Waals surface area contributed by atoms with Crippen LogP contribution in [0, 0.1) is 23.0 Å². The van der Waals surface area contributed by atoms with Crippen molar-refractivity contribution in [2.24, 2.45) is 4.99 Å². The lowest BCUT2D eigenvalue weighted by Crippen LogP contribution is -1.88. The molecule has 1 aliphatic heterocycles.